The minimum atomic E-state index is 0. The maximum Gasteiger partial charge on any atom is 0 e. The zero-order valence-electron chi connectivity index (χ0n) is 2.48. The van der Waals surface area contributed by atoms with Crippen LogP contribution in [0.5, 0.6) is 0 Å². The van der Waals surface area contributed by atoms with Crippen LogP contribution in [-0.2, 0) is 87.5 Å². The van der Waals surface area contributed by atoms with Crippen LogP contribution in [0.1, 0.15) is 0 Å². The van der Waals surface area contributed by atoms with E-state index in [2.05, 4.69) is 0 Å². The van der Waals surface area contributed by atoms with Crippen molar-refractivity contribution in [2.75, 3.05) is 0 Å². The van der Waals surface area contributed by atoms with E-state index in [1.54, 1.807) is 0 Å². The van der Waals surface area contributed by atoms with Crippen LogP contribution in [0.4, 0.5) is 0 Å². The predicted octanol–water partition coefficient (Wildman–Crippen LogP) is 0.606. The molecule has 0 saturated heterocycles. The standard InChI is InChI=1S/Co.Cu.Fe.HI.Mn.Zn/h;;;1H;;. The third-order valence-electron chi connectivity index (χ3n) is 0. The summed E-state index contributed by atoms with van der Waals surface area (Å²) in [6.45, 7) is 0. The maximum atomic E-state index is 0. The number of hydrogen-bond donors (Lipinski definition) is 0. The Morgan fingerprint density at radius 3 is 1.00 bits per heavy atom. The molecule has 0 aliphatic heterocycles. The molecule has 0 rings (SSSR count). The van der Waals surface area contributed by atoms with Gasteiger partial charge in [0.05, 0.1) is 0 Å². The summed E-state index contributed by atoms with van der Waals surface area (Å²) in [7, 11) is 0. The van der Waals surface area contributed by atoms with Gasteiger partial charge in [-0.2, -0.15) is 0 Å². The van der Waals surface area contributed by atoms with Crippen molar-refractivity contribution in [1.29, 1.82) is 0 Å². The average Bonchev–Trinajstić information content (AvgIpc) is 0. The average molecular weight is 427 g/mol. The van der Waals surface area contributed by atoms with E-state index in [4.69, 9.17) is 0 Å². The van der Waals surface area contributed by atoms with E-state index in [1.807, 2.05) is 0 Å². The Labute approximate surface area is 110 Å². The van der Waals surface area contributed by atoms with Gasteiger partial charge in [-0.25, -0.2) is 0 Å². The van der Waals surface area contributed by atoms with E-state index < -0.39 is 0 Å². The molecule has 0 amide bonds. The molecule has 0 aliphatic rings. The predicted molar refractivity (Wildman–Crippen MR) is 15.4 cm³/mol. The molecular weight excluding hydrogens is 426 g/mol. The molecule has 0 aromatic rings. The zero-order valence-corrected chi connectivity index (χ0v) is 12.0. The van der Waals surface area contributed by atoms with Crippen LogP contribution in [0, 0.1) is 0 Å². The Morgan fingerprint density at radius 1 is 1.00 bits per heavy atom. The van der Waals surface area contributed by atoms with Crippen molar-refractivity contribution in [3.8, 4) is 0 Å². The van der Waals surface area contributed by atoms with Gasteiger partial charge in [-0.15, -0.1) is 24.0 Å². The molecule has 3 radical (unpaired) electrons. The molecule has 6 heavy (non-hydrogen) atoms. The summed E-state index contributed by atoms with van der Waals surface area (Å²) >= 11 is 0. The van der Waals surface area contributed by atoms with E-state index in [0.29, 0.717) is 0 Å². The summed E-state index contributed by atoms with van der Waals surface area (Å²) in [5.41, 5.74) is 0. The van der Waals surface area contributed by atoms with Crippen LogP contribution in [-0.4, -0.2) is 0 Å². The van der Waals surface area contributed by atoms with Crippen LogP contribution in [0.15, 0.2) is 0 Å². The second-order valence-electron chi connectivity index (χ2n) is 0. The molecule has 0 aliphatic carbocycles. The first kappa shape index (κ1) is 57.1. The van der Waals surface area contributed by atoms with Crippen LogP contribution >= 0.6 is 24.0 Å². The van der Waals surface area contributed by atoms with Gasteiger partial charge in [0.1, 0.15) is 0 Å². The third kappa shape index (κ3) is 26.2. The molecule has 0 aromatic heterocycles. The number of hydrogen-bond acceptors (Lipinski definition) is 0. The Kier molecular flexibility index (Phi) is 377. The molecule has 0 heterocycles. The second-order valence-corrected chi connectivity index (χ2v) is 0. The molecule has 0 atom stereocenters. The minimum Gasteiger partial charge on any atom is -0.107 e. The van der Waals surface area contributed by atoms with Gasteiger partial charge in [0.25, 0.3) is 0 Å². The number of halogens is 1. The first-order valence-electron chi connectivity index (χ1n) is 0. The number of rotatable bonds is 0. The van der Waals surface area contributed by atoms with Crippen molar-refractivity contribution in [1.82, 2.24) is 0 Å². The molecule has 0 saturated carbocycles. The van der Waals surface area contributed by atoms with Crippen molar-refractivity contribution < 1.29 is 87.5 Å². The van der Waals surface area contributed by atoms with Crippen molar-refractivity contribution in [3.05, 3.63) is 0 Å². The molecular formula is HCoCuFeIMnZn. The van der Waals surface area contributed by atoms with Gasteiger partial charge in [0.2, 0.25) is 0 Å². The minimum absolute atomic E-state index is 0. The van der Waals surface area contributed by atoms with Crippen LogP contribution < -0.4 is 0 Å². The van der Waals surface area contributed by atoms with Gasteiger partial charge in [0, 0.05) is 87.5 Å². The van der Waals surface area contributed by atoms with E-state index in [-0.39, 0.29) is 111 Å². The van der Waals surface area contributed by atoms with E-state index in [1.165, 1.54) is 0 Å². The fourth-order valence-electron chi connectivity index (χ4n) is 0. The Bertz CT molecular complexity index is 15.5. The summed E-state index contributed by atoms with van der Waals surface area (Å²) in [5.74, 6) is 0. The van der Waals surface area contributed by atoms with Crippen molar-refractivity contribution >= 4 is 24.0 Å². The zero-order chi connectivity index (χ0) is 0. The van der Waals surface area contributed by atoms with Crippen LogP contribution in [0.25, 0.3) is 0 Å². The van der Waals surface area contributed by atoms with Gasteiger partial charge in [-0.05, 0) is 0 Å². The quantitative estimate of drug-likeness (QED) is 0.393. The molecule has 0 nitrogen and oxygen atoms in total. The van der Waals surface area contributed by atoms with Gasteiger partial charge >= 0.3 is 0 Å². The molecule has 0 spiro atoms. The molecule has 0 aromatic carbocycles. The fourth-order valence-corrected chi connectivity index (χ4v) is 0. The van der Waals surface area contributed by atoms with Crippen LogP contribution in [0.2, 0.25) is 0 Å². The summed E-state index contributed by atoms with van der Waals surface area (Å²) in [5, 5.41) is 0. The van der Waals surface area contributed by atoms with Crippen molar-refractivity contribution in [2.45, 2.75) is 0 Å². The SMILES string of the molecule is I.[Co].[Cu].[Fe].[Mn].[Zn]. The normalized spacial score (nSPS) is 0. The first-order valence-corrected chi connectivity index (χ1v) is 0. The van der Waals surface area contributed by atoms with Gasteiger partial charge in [-0.3, -0.25) is 0 Å². The molecule has 45 valence electrons. The van der Waals surface area contributed by atoms with E-state index in [0.717, 1.165) is 0 Å². The molecule has 0 unspecified atom stereocenters. The molecule has 6 heteroatoms. The maximum absolute atomic E-state index is 0. The van der Waals surface area contributed by atoms with Crippen molar-refractivity contribution in [2.24, 2.45) is 0 Å². The van der Waals surface area contributed by atoms with Crippen LogP contribution in [0.3, 0.4) is 0 Å². The van der Waals surface area contributed by atoms with Crippen molar-refractivity contribution in [3.63, 3.8) is 0 Å². The fraction of sp³-hybridized carbons (Fsp3) is 0. The monoisotopic (exact) mass is 425 g/mol. The Morgan fingerprint density at radius 2 is 1.00 bits per heavy atom. The topological polar surface area (TPSA) is 0 Å². The molecule has 0 N–H and O–H groups in total. The Balaban J connectivity index is 0. The largest absolute Gasteiger partial charge is 0.107 e. The Hall–Kier alpha value is 3.42. The molecule has 0 bridgehead atoms. The van der Waals surface area contributed by atoms with Gasteiger partial charge in [0.15, 0.2) is 0 Å². The summed E-state index contributed by atoms with van der Waals surface area (Å²) < 4.78 is 0. The first-order chi connectivity index (χ1) is 0. The van der Waals surface area contributed by atoms with Gasteiger partial charge < -0.3 is 0 Å². The summed E-state index contributed by atoms with van der Waals surface area (Å²) in [4.78, 5) is 0. The van der Waals surface area contributed by atoms with E-state index in [9.17, 15) is 0 Å². The summed E-state index contributed by atoms with van der Waals surface area (Å²) in [6, 6.07) is 0. The molecule has 0 fully saturated rings. The smallest absolute Gasteiger partial charge is 0 e. The van der Waals surface area contributed by atoms with E-state index >= 15 is 0 Å². The summed E-state index contributed by atoms with van der Waals surface area (Å²) in [6.07, 6.45) is 0. The third-order valence-corrected chi connectivity index (χ3v) is 0. The van der Waals surface area contributed by atoms with Gasteiger partial charge in [-0.1, -0.05) is 0 Å². The second kappa shape index (κ2) is 39.6.